The summed E-state index contributed by atoms with van der Waals surface area (Å²) in [4.78, 5) is 57.3. The third kappa shape index (κ3) is 6.92. The Bertz CT molecular complexity index is 1990. The van der Waals surface area contributed by atoms with Crippen LogP contribution < -0.4 is 15.0 Å². The van der Waals surface area contributed by atoms with Gasteiger partial charge in [0.05, 0.1) is 44.5 Å². The Kier molecular flexibility index (Phi) is 10.9. The molecule has 300 valence electrons. The number of carbonyl (C=O) groups excluding carboxylic acids is 3. The summed E-state index contributed by atoms with van der Waals surface area (Å²) < 4.78 is 17.6. The molecule has 0 bridgehead atoms. The largest absolute Gasteiger partial charge is 0.497 e. The molecule has 0 unspecified atom stereocenters. The van der Waals surface area contributed by atoms with E-state index in [-0.39, 0.29) is 37.1 Å². The average molecular weight is 792 g/mol. The van der Waals surface area contributed by atoms with Crippen molar-refractivity contribution in [2.75, 3.05) is 23.9 Å². The minimum atomic E-state index is -3.13. The molecule has 0 aromatic heterocycles. The van der Waals surface area contributed by atoms with Gasteiger partial charge >= 0.3 is 0 Å². The molecule has 7 N–H and O–H groups in total. The highest BCUT2D eigenvalue weighted by Crippen LogP contribution is 2.60. The number of nitrogens with zero attached hydrogens (tertiary/aromatic N) is 2. The summed E-state index contributed by atoms with van der Waals surface area (Å²) in [7, 11) is -1.61. The van der Waals surface area contributed by atoms with Crippen molar-refractivity contribution in [2.45, 2.75) is 99.9 Å². The van der Waals surface area contributed by atoms with Gasteiger partial charge in [-0.1, -0.05) is 43.3 Å². The van der Waals surface area contributed by atoms with E-state index in [0.717, 1.165) is 11.1 Å². The number of anilines is 2. The number of ether oxygens (including phenoxy) is 3. The molecule has 3 aromatic rings. The fraction of sp³-hybridized carbons (Fsp3) is 0.475. The summed E-state index contributed by atoms with van der Waals surface area (Å²) >= 11 is 0. The molecule has 3 aromatic carbocycles. The van der Waals surface area contributed by atoms with Gasteiger partial charge in [0.1, 0.15) is 24.1 Å². The van der Waals surface area contributed by atoms with Crippen LogP contribution in [0.5, 0.6) is 5.75 Å². The van der Waals surface area contributed by atoms with Gasteiger partial charge in [0.25, 0.3) is 11.8 Å². The van der Waals surface area contributed by atoms with Gasteiger partial charge in [-0.2, -0.15) is 0 Å². The molecule has 0 saturated carbocycles. The minimum Gasteiger partial charge on any atom is -0.497 e. The maximum Gasteiger partial charge on any atom is 0.264 e. The summed E-state index contributed by atoms with van der Waals surface area (Å²) in [5.41, 5.74) is 1.93. The second-order valence-electron chi connectivity index (χ2n) is 15.8. The maximum absolute atomic E-state index is 15.0. The molecular weight excluding hydrogens is 743 g/mol. The van der Waals surface area contributed by atoms with E-state index in [9.17, 15) is 39.9 Å². The average Bonchev–Trinajstić information content (AvgIpc) is 3.60. The van der Waals surface area contributed by atoms with Crippen molar-refractivity contribution in [3.63, 3.8) is 0 Å². The number of hydrogen-bond donors (Lipinski definition) is 7. The van der Waals surface area contributed by atoms with Crippen LogP contribution in [0.3, 0.4) is 0 Å². The topological polar surface area (TPSA) is 219 Å². The predicted molar refractivity (Wildman–Crippen MR) is 204 cm³/mol. The third-order valence-corrected chi connectivity index (χ3v) is 14.3. The fourth-order valence-corrected chi connectivity index (χ4v) is 11.6. The zero-order valence-electron chi connectivity index (χ0n) is 31.6. The Morgan fingerprint density at radius 1 is 0.982 bits per heavy atom. The van der Waals surface area contributed by atoms with Crippen LogP contribution in [-0.2, 0) is 49.0 Å². The standard InChI is InChI=1S/C40H49N3O12Si/c1-21-36(56(3,4)52)30(17-31(45)42-19-24-10-6-5-9-23(24)15-26(42)20-44)55-40(21)28-16-27(53-2)12-13-29(28)43(39(40)51)18-22-8-7-11-25(14-22)41-37(49)35-33(47)32(46)34(48)38(50)54-35/h5-14,16,21,26,30,32-36,38,44,46-48,50,52H,15,17-20H2,1-4H3,(H,41,49)/t21-,26-,30+,32-,33-,34+,35-,36-,38+,40+/m0/s1. The van der Waals surface area contributed by atoms with Gasteiger partial charge in [-0.25, -0.2) is 0 Å². The molecular formula is C40H49N3O12Si. The van der Waals surface area contributed by atoms with Crippen LogP contribution in [0, 0.1) is 5.92 Å². The molecule has 2 fully saturated rings. The molecule has 4 aliphatic rings. The number of hydrogen-bond acceptors (Lipinski definition) is 12. The Balaban J connectivity index is 1.17. The van der Waals surface area contributed by atoms with Gasteiger partial charge < -0.3 is 59.7 Å². The van der Waals surface area contributed by atoms with Crippen molar-refractivity contribution in [1.29, 1.82) is 0 Å². The van der Waals surface area contributed by atoms with Crippen LogP contribution in [0.1, 0.15) is 35.6 Å². The lowest BCUT2D eigenvalue weighted by Gasteiger charge is -2.37. The lowest BCUT2D eigenvalue weighted by atomic mass is 9.82. The van der Waals surface area contributed by atoms with E-state index in [2.05, 4.69) is 5.32 Å². The highest BCUT2D eigenvalue weighted by molar-refractivity contribution is 6.71. The number of rotatable bonds is 9. The monoisotopic (exact) mass is 791 g/mol. The van der Waals surface area contributed by atoms with Crippen LogP contribution in [0.2, 0.25) is 18.6 Å². The normalized spacial score (nSPS) is 31.3. The first-order valence-electron chi connectivity index (χ1n) is 18.7. The number of fused-ring (bicyclic) bond motifs is 3. The number of aliphatic hydroxyl groups excluding tert-OH is 5. The van der Waals surface area contributed by atoms with Gasteiger partial charge in [0.15, 0.2) is 26.3 Å². The van der Waals surface area contributed by atoms with Crippen LogP contribution in [-0.4, -0.2) is 118 Å². The molecule has 0 radical (unpaired) electrons. The van der Waals surface area contributed by atoms with E-state index in [1.54, 1.807) is 65.4 Å². The van der Waals surface area contributed by atoms with Gasteiger partial charge in [0, 0.05) is 29.3 Å². The number of nitrogens with one attached hydrogen (secondary N) is 1. The number of amides is 3. The first-order chi connectivity index (χ1) is 26.6. The predicted octanol–water partition coefficient (Wildman–Crippen LogP) is 1.11. The van der Waals surface area contributed by atoms with Crippen molar-refractivity contribution >= 4 is 37.4 Å². The van der Waals surface area contributed by atoms with Crippen molar-refractivity contribution in [2.24, 2.45) is 5.92 Å². The zero-order chi connectivity index (χ0) is 40.3. The number of methoxy groups -OCH3 is 1. The van der Waals surface area contributed by atoms with E-state index in [1.807, 2.05) is 31.2 Å². The van der Waals surface area contributed by atoms with E-state index in [1.165, 1.54) is 7.11 Å². The first kappa shape index (κ1) is 40.0. The van der Waals surface area contributed by atoms with Crippen molar-refractivity contribution in [3.8, 4) is 5.75 Å². The summed E-state index contributed by atoms with van der Waals surface area (Å²) in [5, 5.41) is 53.0. The molecule has 4 heterocycles. The Hall–Kier alpha value is -4.23. The van der Waals surface area contributed by atoms with Gasteiger partial charge in [-0.3, -0.25) is 14.4 Å². The van der Waals surface area contributed by atoms with E-state index in [4.69, 9.17) is 14.2 Å². The number of aliphatic hydroxyl groups is 5. The quantitative estimate of drug-likeness (QED) is 0.152. The summed E-state index contributed by atoms with van der Waals surface area (Å²) in [5.74, 6) is -1.58. The van der Waals surface area contributed by atoms with E-state index >= 15 is 4.79 Å². The van der Waals surface area contributed by atoms with Gasteiger partial charge in [0.2, 0.25) is 5.91 Å². The van der Waals surface area contributed by atoms with Crippen molar-refractivity contribution < 1.29 is 58.9 Å². The van der Waals surface area contributed by atoms with Crippen LogP contribution in [0.4, 0.5) is 11.4 Å². The lowest BCUT2D eigenvalue weighted by molar-refractivity contribution is -0.274. The highest BCUT2D eigenvalue weighted by Gasteiger charge is 2.66. The Morgan fingerprint density at radius 3 is 2.41 bits per heavy atom. The van der Waals surface area contributed by atoms with Crippen LogP contribution in [0.25, 0.3) is 0 Å². The van der Waals surface area contributed by atoms with E-state index < -0.39 is 74.1 Å². The maximum atomic E-state index is 15.0. The smallest absolute Gasteiger partial charge is 0.264 e. The van der Waals surface area contributed by atoms with Crippen LogP contribution >= 0.6 is 0 Å². The number of carbonyl (C=O) groups is 3. The van der Waals surface area contributed by atoms with Gasteiger partial charge in [-0.05, 0) is 66.5 Å². The Morgan fingerprint density at radius 2 is 1.71 bits per heavy atom. The molecule has 2 saturated heterocycles. The molecule has 10 atom stereocenters. The molecule has 16 heteroatoms. The molecule has 7 rings (SSSR count). The van der Waals surface area contributed by atoms with Crippen molar-refractivity contribution in [3.05, 3.63) is 89.0 Å². The molecule has 1 spiro atoms. The summed E-state index contributed by atoms with van der Waals surface area (Å²) in [6.07, 6.45) is -9.40. The molecule has 0 aliphatic carbocycles. The minimum absolute atomic E-state index is 0.0332. The highest BCUT2D eigenvalue weighted by atomic mass is 28.4. The summed E-state index contributed by atoms with van der Waals surface area (Å²) in [6.45, 7) is 5.59. The van der Waals surface area contributed by atoms with Crippen LogP contribution in [0.15, 0.2) is 66.7 Å². The number of benzene rings is 3. The lowest BCUT2D eigenvalue weighted by Crippen LogP contribution is -2.60. The zero-order valence-corrected chi connectivity index (χ0v) is 32.6. The van der Waals surface area contributed by atoms with Crippen molar-refractivity contribution in [1.82, 2.24) is 4.90 Å². The molecule has 56 heavy (non-hydrogen) atoms. The molecule has 4 aliphatic heterocycles. The van der Waals surface area contributed by atoms with Gasteiger partial charge in [-0.15, -0.1) is 0 Å². The second kappa shape index (κ2) is 15.3. The van der Waals surface area contributed by atoms with E-state index in [0.29, 0.717) is 35.5 Å². The third-order valence-electron chi connectivity index (χ3n) is 11.8. The molecule has 15 nitrogen and oxygen atoms in total. The fourth-order valence-electron chi connectivity index (χ4n) is 9.09. The summed E-state index contributed by atoms with van der Waals surface area (Å²) in [6, 6.07) is 19.3. The second-order valence-corrected chi connectivity index (χ2v) is 19.8. The Labute approximate surface area is 325 Å². The SMILES string of the molecule is COc1ccc2c(c1)[C@@]1(O[C@H](CC(=O)N3Cc4ccccc4C[C@H]3CO)[C@@H]([Si](C)(C)O)[C@@H]1C)C(=O)N2Cc1cccc(NC(=O)[C@H]2O[C@@H](O)[C@H](O)[C@@H](O)[C@@H]2O)c1. The molecule has 3 amide bonds. The first-order valence-corrected chi connectivity index (χ1v) is 21.8.